The van der Waals surface area contributed by atoms with Crippen LogP contribution in [0.15, 0.2) is 18.2 Å². The molecule has 1 unspecified atom stereocenters. The average Bonchev–Trinajstić information content (AvgIpc) is 2.36. The van der Waals surface area contributed by atoms with Crippen LogP contribution in [0.4, 0.5) is 5.69 Å². The molecule has 0 bridgehead atoms. The van der Waals surface area contributed by atoms with Gasteiger partial charge in [-0.1, -0.05) is 24.6 Å². The number of benzene rings is 1. The van der Waals surface area contributed by atoms with Gasteiger partial charge in [0.15, 0.2) is 0 Å². The molecule has 98 valence electrons. The molecule has 0 radical (unpaired) electrons. The summed E-state index contributed by atoms with van der Waals surface area (Å²) in [6, 6.07) is 6.28. The summed E-state index contributed by atoms with van der Waals surface area (Å²) in [6.45, 7) is 6.64. The van der Waals surface area contributed by atoms with Crippen molar-refractivity contribution >= 4 is 11.6 Å². The molecule has 1 heterocycles. The normalized spacial score (nSPS) is 18.1. The van der Waals surface area contributed by atoms with Crippen molar-refractivity contribution in [3.8, 4) is 0 Å². The number of amides is 1. The van der Waals surface area contributed by atoms with Crippen LogP contribution in [0.5, 0.6) is 0 Å². The second kappa shape index (κ2) is 4.73. The third kappa shape index (κ3) is 2.27. The van der Waals surface area contributed by atoms with Crippen LogP contribution < -0.4 is 10.6 Å². The molecule has 18 heavy (non-hydrogen) atoms. The minimum atomic E-state index is -0.764. The molecule has 2 N–H and O–H groups in total. The predicted octanol–water partition coefficient (Wildman–Crippen LogP) is 2.40. The lowest BCUT2D eigenvalue weighted by Crippen LogP contribution is -2.54. The fourth-order valence-electron chi connectivity index (χ4n) is 2.40. The lowest BCUT2D eigenvalue weighted by Gasteiger charge is -2.35. The van der Waals surface area contributed by atoms with E-state index >= 15 is 0 Å². The summed E-state index contributed by atoms with van der Waals surface area (Å²) in [7, 11) is 0. The third-order valence-electron chi connectivity index (χ3n) is 3.82. The SMILES string of the molecule is CCC(C)(N)C(=O)N1CCCc2cc(C)ccc21. The summed E-state index contributed by atoms with van der Waals surface area (Å²) in [4.78, 5) is 14.4. The Labute approximate surface area is 109 Å². The van der Waals surface area contributed by atoms with Gasteiger partial charge in [0, 0.05) is 12.2 Å². The Morgan fingerprint density at radius 3 is 2.89 bits per heavy atom. The first-order chi connectivity index (χ1) is 8.45. The van der Waals surface area contributed by atoms with Crippen molar-refractivity contribution in [2.45, 2.75) is 45.6 Å². The average molecular weight is 246 g/mol. The number of carbonyl (C=O) groups excluding carboxylic acids is 1. The van der Waals surface area contributed by atoms with Crippen molar-refractivity contribution in [3.63, 3.8) is 0 Å². The fraction of sp³-hybridized carbons (Fsp3) is 0.533. The summed E-state index contributed by atoms with van der Waals surface area (Å²) in [5.41, 5.74) is 8.88. The van der Waals surface area contributed by atoms with Crippen molar-refractivity contribution in [1.82, 2.24) is 0 Å². The van der Waals surface area contributed by atoms with E-state index in [1.807, 2.05) is 24.8 Å². The van der Waals surface area contributed by atoms with Gasteiger partial charge >= 0.3 is 0 Å². The Morgan fingerprint density at radius 1 is 1.50 bits per heavy atom. The van der Waals surface area contributed by atoms with Crippen molar-refractivity contribution in [2.75, 3.05) is 11.4 Å². The summed E-state index contributed by atoms with van der Waals surface area (Å²) >= 11 is 0. The maximum atomic E-state index is 12.5. The van der Waals surface area contributed by atoms with E-state index in [9.17, 15) is 4.79 Å². The highest BCUT2D eigenvalue weighted by Crippen LogP contribution is 2.29. The molecule has 0 aromatic heterocycles. The second-order valence-corrected chi connectivity index (χ2v) is 5.46. The van der Waals surface area contributed by atoms with Crippen LogP contribution in [0, 0.1) is 6.92 Å². The Bertz CT molecular complexity index is 466. The number of rotatable bonds is 2. The monoisotopic (exact) mass is 246 g/mol. The highest BCUT2D eigenvalue weighted by Gasteiger charge is 2.33. The lowest BCUT2D eigenvalue weighted by molar-refractivity contribution is -0.123. The van der Waals surface area contributed by atoms with Crippen molar-refractivity contribution in [3.05, 3.63) is 29.3 Å². The molecular formula is C15H22N2O. The maximum Gasteiger partial charge on any atom is 0.246 e. The minimum absolute atomic E-state index is 0.0369. The number of nitrogens with zero attached hydrogens (tertiary/aromatic N) is 1. The van der Waals surface area contributed by atoms with Gasteiger partial charge in [-0.2, -0.15) is 0 Å². The molecule has 0 aliphatic carbocycles. The zero-order valence-corrected chi connectivity index (χ0v) is 11.5. The van der Waals surface area contributed by atoms with Gasteiger partial charge in [0.05, 0.1) is 5.54 Å². The number of carbonyl (C=O) groups is 1. The number of nitrogens with two attached hydrogens (primary N) is 1. The molecule has 1 aliphatic heterocycles. The Morgan fingerprint density at radius 2 is 2.22 bits per heavy atom. The third-order valence-corrected chi connectivity index (χ3v) is 3.82. The van der Waals surface area contributed by atoms with Crippen LogP contribution in [0.2, 0.25) is 0 Å². The molecule has 1 aromatic rings. The molecule has 2 rings (SSSR count). The highest BCUT2D eigenvalue weighted by atomic mass is 16.2. The van der Waals surface area contributed by atoms with E-state index in [4.69, 9.17) is 5.73 Å². The topological polar surface area (TPSA) is 46.3 Å². The van der Waals surface area contributed by atoms with Crippen LogP contribution in [-0.2, 0) is 11.2 Å². The van der Waals surface area contributed by atoms with Crippen LogP contribution in [0.1, 0.15) is 37.8 Å². The molecule has 0 fully saturated rings. The van der Waals surface area contributed by atoms with E-state index in [1.54, 1.807) is 0 Å². The largest absolute Gasteiger partial charge is 0.318 e. The van der Waals surface area contributed by atoms with E-state index in [0.29, 0.717) is 6.42 Å². The number of hydrogen-bond acceptors (Lipinski definition) is 2. The van der Waals surface area contributed by atoms with E-state index in [1.165, 1.54) is 11.1 Å². The smallest absolute Gasteiger partial charge is 0.246 e. The first kappa shape index (κ1) is 13.1. The zero-order chi connectivity index (χ0) is 13.3. The van der Waals surface area contributed by atoms with E-state index in [-0.39, 0.29) is 5.91 Å². The van der Waals surface area contributed by atoms with E-state index in [2.05, 4.69) is 19.1 Å². The van der Waals surface area contributed by atoms with Gasteiger partial charge in [-0.25, -0.2) is 0 Å². The van der Waals surface area contributed by atoms with Gasteiger partial charge in [-0.3, -0.25) is 4.79 Å². The number of anilines is 1. The number of fused-ring (bicyclic) bond motifs is 1. The zero-order valence-electron chi connectivity index (χ0n) is 11.5. The van der Waals surface area contributed by atoms with Crippen LogP contribution >= 0.6 is 0 Å². The Hall–Kier alpha value is -1.35. The molecular weight excluding hydrogens is 224 g/mol. The number of hydrogen-bond donors (Lipinski definition) is 1. The van der Waals surface area contributed by atoms with Gasteiger partial charge in [0.2, 0.25) is 5.91 Å². The fourth-order valence-corrected chi connectivity index (χ4v) is 2.40. The van der Waals surface area contributed by atoms with Gasteiger partial charge in [0.25, 0.3) is 0 Å². The van der Waals surface area contributed by atoms with Crippen molar-refractivity contribution in [1.29, 1.82) is 0 Å². The Balaban J connectivity index is 2.36. The first-order valence-corrected chi connectivity index (χ1v) is 6.66. The summed E-state index contributed by atoms with van der Waals surface area (Å²) in [5, 5.41) is 0. The molecule has 0 saturated heterocycles. The first-order valence-electron chi connectivity index (χ1n) is 6.66. The van der Waals surface area contributed by atoms with Crippen molar-refractivity contribution < 1.29 is 4.79 Å². The number of aryl methyl sites for hydroxylation is 2. The molecule has 1 aliphatic rings. The molecule has 1 atom stereocenters. The summed E-state index contributed by atoms with van der Waals surface area (Å²) < 4.78 is 0. The van der Waals surface area contributed by atoms with Gasteiger partial charge in [-0.15, -0.1) is 0 Å². The van der Waals surface area contributed by atoms with Gasteiger partial charge in [0.1, 0.15) is 0 Å². The highest BCUT2D eigenvalue weighted by molar-refractivity contribution is 6.00. The molecule has 1 aromatic carbocycles. The van der Waals surface area contributed by atoms with Crippen molar-refractivity contribution in [2.24, 2.45) is 5.73 Å². The molecule has 1 amide bonds. The lowest BCUT2D eigenvalue weighted by atomic mass is 9.94. The maximum absolute atomic E-state index is 12.5. The molecule has 3 nitrogen and oxygen atoms in total. The summed E-state index contributed by atoms with van der Waals surface area (Å²) in [6.07, 6.45) is 2.72. The molecule has 3 heteroatoms. The molecule has 0 spiro atoms. The Kier molecular flexibility index (Phi) is 3.44. The van der Waals surface area contributed by atoms with Crippen LogP contribution in [-0.4, -0.2) is 18.0 Å². The summed E-state index contributed by atoms with van der Waals surface area (Å²) in [5.74, 6) is 0.0369. The standard InChI is InChI=1S/C15H22N2O/c1-4-15(3,16)14(18)17-9-5-6-12-10-11(2)7-8-13(12)17/h7-8,10H,4-6,9,16H2,1-3H3. The molecule has 0 saturated carbocycles. The van der Waals surface area contributed by atoms with E-state index in [0.717, 1.165) is 25.1 Å². The minimum Gasteiger partial charge on any atom is -0.318 e. The van der Waals surface area contributed by atoms with Crippen LogP contribution in [0.3, 0.4) is 0 Å². The van der Waals surface area contributed by atoms with Gasteiger partial charge < -0.3 is 10.6 Å². The van der Waals surface area contributed by atoms with Crippen LogP contribution in [0.25, 0.3) is 0 Å². The van der Waals surface area contributed by atoms with E-state index < -0.39 is 5.54 Å². The quantitative estimate of drug-likeness (QED) is 0.871. The predicted molar refractivity (Wildman–Crippen MR) is 74.7 cm³/mol. The van der Waals surface area contributed by atoms with Gasteiger partial charge in [-0.05, 0) is 44.7 Å². The second-order valence-electron chi connectivity index (χ2n) is 5.46.